The van der Waals surface area contributed by atoms with Crippen LogP contribution in [0.15, 0.2) is 53.8 Å². The van der Waals surface area contributed by atoms with E-state index in [1.165, 1.54) is 0 Å². The van der Waals surface area contributed by atoms with Gasteiger partial charge in [0.05, 0.1) is 23.5 Å². The first-order valence-corrected chi connectivity index (χ1v) is 13.5. The summed E-state index contributed by atoms with van der Waals surface area (Å²) in [5.41, 5.74) is 4.83. The number of amides is 1. The Morgan fingerprint density at radius 3 is 2.45 bits per heavy atom. The van der Waals surface area contributed by atoms with Crippen LogP contribution in [0.1, 0.15) is 51.7 Å². The second kappa shape index (κ2) is 10.3. The minimum absolute atomic E-state index is 0.185. The molecule has 3 aromatic rings. The van der Waals surface area contributed by atoms with Crippen molar-refractivity contribution in [3.63, 3.8) is 0 Å². The molecule has 2 fully saturated rings. The maximum atomic E-state index is 12.5. The standard InChI is InChI=1S/C30H36N8O2/c1-21(25-13-22(24-16-33-35(6)17-24)18-38-27(25)23(14-31)15-34-38)7-8-26(32-5)37-19-30(20-37)9-11-36(12-10-30)28(39)40-29(2,3)4/h7-8,13,15-18H,5,9-12,19-20H2,1-4,6H3/b21-7+,26-8+. The third-order valence-corrected chi connectivity index (χ3v) is 7.69. The number of hydrogen-bond donors (Lipinski definition) is 0. The van der Waals surface area contributed by atoms with E-state index in [0.29, 0.717) is 18.7 Å². The van der Waals surface area contributed by atoms with Crippen molar-refractivity contribution in [2.45, 2.75) is 46.1 Å². The van der Waals surface area contributed by atoms with Gasteiger partial charge in [-0.3, -0.25) is 4.68 Å². The number of rotatable bonds is 5. The molecule has 0 bridgehead atoms. The van der Waals surface area contributed by atoms with Crippen molar-refractivity contribution >= 4 is 23.9 Å². The van der Waals surface area contributed by atoms with Gasteiger partial charge in [0.15, 0.2) is 0 Å². The molecule has 2 aliphatic heterocycles. The van der Waals surface area contributed by atoms with Crippen LogP contribution < -0.4 is 0 Å². The fourth-order valence-corrected chi connectivity index (χ4v) is 5.51. The summed E-state index contributed by atoms with van der Waals surface area (Å²) in [6.07, 6.45) is 13.0. The second-order valence-corrected chi connectivity index (χ2v) is 11.9. The second-order valence-electron chi connectivity index (χ2n) is 11.9. The van der Waals surface area contributed by atoms with Crippen molar-refractivity contribution in [1.29, 1.82) is 5.26 Å². The van der Waals surface area contributed by atoms with Crippen LogP contribution >= 0.6 is 0 Å². The Bertz CT molecular complexity index is 1550. The molecule has 40 heavy (non-hydrogen) atoms. The van der Waals surface area contributed by atoms with Gasteiger partial charge in [0.2, 0.25) is 0 Å². The first-order chi connectivity index (χ1) is 19.0. The van der Waals surface area contributed by atoms with Gasteiger partial charge in [0.1, 0.15) is 17.5 Å². The van der Waals surface area contributed by atoms with E-state index in [2.05, 4.69) is 38.9 Å². The number of likely N-dealkylation sites (tertiary alicyclic amines) is 2. The van der Waals surface area contributed by atoms with Gasteiger partial charge in [-0.05, 0) is 65.0 Å². The SMILES string of the molecule is C=N/C(=C\C=C(/C)c1cc(-c2cnn(C)c2)cn2ncc(C#N)c12)N1CC2(CCN(C(=O)OC(C)(C)C)CC2)C1. The van der Waals surface area contributed by atoms with E-state index >= 15 is 0 Å². The highest BCUT2D eigenvalue weighted by molar-refractivity contribution is 5.84. The number of carbonyl (C=O) groups excluding carboxylic acids is 1. The fraction of sp³-hybridized carbons (Fsp3) is 0.433. The lowest BCUT2D eigenvalue weighted by Crippen LogP contribution is -2.60. The molecule has 0 aromatic carbocycles. The van der Waals surface area contributed by atoms with Crippen LogP contribution in [0.4, 0.5) is 4.79 Å². The maximum absolute atomic E-state index is 12.5. The van der Waals surface area contributed by atoms with Crippen LogP contribution in [0, 0.1) is 16.7 Å². The number of aliphatic imine (C=N–C) groups is 1. The number of carbonyl (C=O) groups is 1. The van der Waals surface area contributed by atoms with Gasteiger partial charge in [-0.15, -0.1) is 0 Å². The summed E-state index contributed by atoms with van der Waals surface area (Å²) >= 11 is 0. The molecule has 0 aliphatic carbocycles. The molecule has 0 saturated carbocycles. The van der Waals surface area contributed by atoms with Crippen molar-refractivity contribution in [2.24, 2.45) is 17.5 Å². The minimum atomic E-state index is -0.486. The number of piperidine rings is 1. The number of nitriles is 1. The summed E-state index contributed by atoms with van der Waals surface area (Å²) in [4.78, 5) is 20.8. The zero-order valence-electron chi connectivity index (χ0n) is 23.9. The van der Waals surface area contributed by atoms with Crippen molar-refractivity contribution in [3.05, 3.63) is 60.0 Å². The number of ether oxygens (including phenoxy) is 1. The summed E-state index contributed by atoms with van der Waals surface area (Å²) < 4.78 is 9.06. The molecule has 1 amide bonds. The average molecular weight is 541 g/mol. The largest absolute Gasteiger partial charge is 0.444 e. The van der Waals surface area contributed by atoms with Gasteiger partial charge in [0, 0.05) is 67.7 Å². The number of fused-ring (bicyclic) bond motifs is 1. The Morgan fingerprint density at radius 1 is 1.12 bits per heavy atom. The number of allylic oxidation sites excluding steroid dienone is 3. The van der Waals surface area contributed by atoms with Crippen LogP contribution in [0.5, 0.6) is 0 Å². The van der Waals surface area contributed by atoms with Crippen molar-refractivity contribution in [2.75, 3.05) is 26.2 Å². The molecule has 0 unspecified atom stereocenters. The van der Waals surface area contributed by atoms with E-state index in [-0.39, 0.29) is 11.5 Å². The van der Waals surface area contributed by atoms with E-state index < -0.39 is 5.60 Å². The van der Waals surface area contributed by atoms with E-state index in [0.717, 1.165) is 59.5 Å². The molecule has 0 N–H and O–H groups in total. The van der Waals surface area contributed by atoms with E-state index in [1.807, 2.05) is 70.4 Å². The molecule has 2 aliphatic rings. The highest BCUT2D eigenvalue weighted by atomic mass is 16.6. The van der Waals surface area contributed by atoms with Gasteiger partial charge >= 0.3 is 6.09 Å². The van der Waals surface area contributed by atoms with Crippen LogP contribution in [-0.4, -0.2) is 73.8 Å². The lowest BCUT2D eigenvalue weighted by Gasteiger charge is -2.54. The zero-order chi connectivity index (χ0) is 28.7. The third-order valence-electron chi connectivity index (χ3n) is 7.69. The van der Waals surface area contributed by atoms with E-state index in [9.17, 15) is 10.1 Å². The molecule has 2 saturated heterocycles. The first kappa shape index (κ1) is 27.2. The molecule has 10 heteroatoms. The Balaban J connectivity index is 1.32. The summed E-state index contributed by atoms with van der Waals surface area (Å²) in [5, 5.41) is 18.4. The first-order valence-electron chi connectivity index (χ1n) is 13.5. The van der Waals surface area contributed by atoms with Crippen molar-refractivity contribution < 1.29 is 9.53 Å². The van der Waals surface area contributed by atoms with E-state index in [4.69, 9.17) is 4.74 Å². The van der Waals surface area contributed by atoms with Gasteiger partial charge < -0.3 is 14.5 Å². The Labute approximate surface area is 234 Å². The number of pyridine rings is 1. The number of nitrogens with zero attached hydrogens (tertiary/aromatic N) is 8. The molecule has 1 spiro atoms. The zero-order valence-corrected chi connectivity index (χ0v) is 23.9. The Kier molecular flexibility index (Phi) is 7.00. The molecule has 208 valence electrons. The van der Waals surface area contributed by atoms with Crippen molar-refractivity contribution in [3.8, 4) is 17.2 Å². The normalized spacial score (nSPS) is 17.6. The van der Waals surface area contributed by atoms with Gasteiger partial charge in [-0.25, -0.2) is 14.3 Å². The molecule has 3 aromatic heterocycles. The molecule has 5 heterocycles. The summed E-state index contributed by atoms with van der Waals surface area (Å²) in [7, 11) is 1.88. The highest BCUT2D eigenvalue weighted by Gasteiger charge is 2.46. The molecular formula is C30H36N8O2. The van der Waals surface area contributed by atoms with Gasteiger partial charge in [0.25, 0.3) is 0 Å². The average Bonchev–Trinajstić information content (AvgIpc) is 3.52. The third kappa shape index (κ3) is 5.37. The number of hydrogen-bond acceptors (Lipinski definition) is 7. The highest BCUT2D eigenvalue weighted by Crippen LogP contribution is 2.42. The summed E-state index contributed by atoms with van der Waals surface area (Å²) in [6.45, 7) is 14.7. The molecule has 0 atom stereocenters. The number of aryl methyl sites for hydroxylation is 1. The summed E-state index contributed by atoms with van der Waals surface area (Å²) in [6, 6.07) is 4.34. The smallest absolute Gasteiger partial charge is 0.410 e. The van der Waals surface area contributed by atoms with Gasteiger partial charge in [-0.1, -0.05) is 6.08 Å². The fourth-order valence-electron chi connectivity index (χ4n) is 5.51. The molecule has 0 radical (unpaired) electrons. The minimum Gasteiger partial charge on any atom is -0.444 e. The van der Waals surface area contributed by atoms with Crippen LogP contribution in [-0.2, 0) is 11.8 Å². The predicted molar refractivity (Wildman–Crippen MR) is 154 cm³/mol. The lowest BCUT2D eigenvalue weighted by atomic mass is 9.72. The van der Waals surface area contributed by atoms with E-state index in [1.54, 1.807) is 15.4 Å². The molecule has 10 nitrogen and oxygen atoms in total. The van der Waals surface area contributed by atoms with Gasteiger partial charge in [-0.2, -0.15) is 15.5 Å². The van der Waals surface area contributed by atoms with Crippen LogP contribution in [0.2, 0.25) is 0 Å². The Hall–Kier alpha value is -4.39. The lowest BCUT2D eigenvalue weighted by molar-refractivity contribution is -0.0362. The Morgan fingerprint density at radius 2 is 1.85 bits per heavy atom. The summed E-state index contributed by atoms with van der Waals surface area (Å²) in [5.74, 6) is 0.813. The topological polar surface area (TPSA) is 104 Å². The molecular weight excluding hydrogens is 504 g/mol. The quantitative estimate of drug-likeness (QED) is 0.337. The van der Waals surface area contributed by atoms with Crippen LogP contribution in [0.25, 0.3) is 22.2 Å². The van der Waals surface area contributed by atoms with Crippen molar-refractivity contribution in [1.82, 2.24) is 29.2 Å². The maximum Gasteiger partial charge on any atom is 0.410 e. The molecule has 5 rings (SSSR count). The monoisotopic (exact) mass is 540 g/mol. The number of aromatic nitrogens is 4. The van der Waals surface area contributed by atoms with Crippen LogP contribution in [0.3, 0.4) is 0 Å². The predicted octanol–water partition coefficient (Wildman–Crippen LogP) is 4.88.